The third-order valence-corrected chi connectivity index (χ3v) is 3.73. The summed E-state index contributed by atoms with van der Waals surface area (Å²) in [6.45, 7) is 7.53. The highest BCUT2D eigenvalue weighted by atomic mass is 32.1. The van der Waals surface area contributed by atoms with Crippen molar-refractivity contribution < 1.29 is 9.47 Å². The van der Waals surface area contributed by atoms with Crippen molar-refractivity contribution in [3.05, 3.63) is 10.5 Å². The van der Waals surface area contributed by atoms with E-state index in [0.29, 0.717) is 31.1 Å². The quantitative estimate of drug-likeness (QED) is 0.870. The maximum Gasteiger partial charge on any atom is 0.179 e. The lowest BCUT2D eigenvalue weighted by Gasteiger charge is -2.23. The minimum absolute atomic E-state index is 0.0555. The molecule has 1 fully saturated rings. The number of imidazole rings is 1. The van der Waals surface area contributed by atoms with Crippen LogP contribution in [0.15, 0.2) is 0 Å². The Hall–Kier alpha value is -1.18. The third-order valence-electron chi connectivity index (χ3n) is 3.40. The van der Waals surface area contributed by atoms with Crippen LogP contribution in [0.25, 0.3) is 11.2 Å². The van der Waals surface area contributed by atoms with E-state index >= 15 is 0 Å². The second-order valence-corrected chi connectivity index (χ2v) is 5.09. The van der Waals surface area contributed by atoms with E-state index in [1.54, 1.807) is 0 Å². The van der Waals surface area contributed by atoms with Crippen LogP contribution in [-0.2, 0) is 22.6 Å². The summed E-state index contributed by atoms with van der Waals surface area (Å²) in [5, 5.41) is 4.51. The first-order valence-corrected chi connectivity index (χ1v) is 6.96. The fraction of sp³-hybridized carbons (Fsp3) is 0.667. The summed E-state index contributed by atoms with van der Waals surface area (Å²) >= 11 is 5.41. The first-order chi connectivity index (χ1) is 9.20. The van der Waals surface area contributed by atoms with Crippen LogP contribution in [0, 0.1) is 11.7 Å². The van der Waals surface area contributed by atoms with Gasteiger partial charge in [0.25, 0.3) is 0 Å². The molecule has 1 unspecified atom stereocenters. The van der Waals surface area contributed by atoms with Gasteiger partial charge < -0.3 is 14.5 Å². The van der Waals surface area contributed by atoms with Crippen molar-refractivity contribution in [2.24, 2.45) is 0 Å². The van der Waals surface area contributed by atoms with Crippen LogP contribution in [0.5, 0.6) is 0 Å². The molecule has 1 aliphatic heterocycles. The molecule has 0 aromatic carbocycles. The molecule has 3 heterocycles. The monoisotopic (exact) mass is 282 g/mol. The van der Waals surface area contributed by atoms with Gasteiger partial charge in [0.2, 0.25) is 0 Å². The van der Waals surface area contributed by atoms with Gasteiger partial charge in [-0.05, 0) is 26.1 Å². The van der Waals surface area contributed by atoms with Crippen molar-refractivity contribution in [3.63, 3.8) is 0 Å². The lowest BCUT2D eigenvalue weighted by atomic mass is 10.3. The average Bonchev–Trinajstić information content (AvgIpc) is 2.90. The molecule has 3 rings (SSSR count). The third kappa shape index (κ3) is 2.22. The first kappa shape index (κ1) is 12.8. The van der Waals surface area contributed by atoms with Gasteiger partial charge in [0.1, 0.15) is 5.52 Å². The lowest BCUT2D eigenvalue weighted by Crippen LogP contribution is -2.32. The molecule has 1 atom stereocenters. The Kier molecular flexibility index (Phi) is 3.42. The second-order valence-electron chi connectivity index (χ2n) is 4.71. The molecule has 6 nitrogen and oxygen atoms in total. The maximum absolute atomic E-state index is 5.70. The Morgan fingerprint density at radius 1 is 1.47 bits per heavy atom. The number of rotatable bonds is 3. The van der Waals surface area contributed by atoms with Crippen molar-refractivity contribution in [1.29, 1.82) is 0 Å². The fourth-order valence-electron chi connectivity index (χ4n) is 2.50. The summed E-state index contributed by atoms with van der Waals surface area (Å²) in [5.74, 6) is 0. The van der Waals surface area contributed by atoms with E-state index in [2.05, 4.69) is 21.6 Å². The molecule has 0 amide bonds. The molecule has 0 radical (unpaired) electrons. The molecule has 1 saturated heterocycles. The maximum atomic E-state index is 5.70. The molecule has 1 aliphatic rings. The van der Waals surface area contributed by atoms with Gasteiger partial charge in [0, 0.05) is 6.54 Å². The molecule has 7 heteroatoms. The van der Waals surface area contributed by atoms with Crippen molar-refractivity contribution in [2.45, 2.75) is 33.0 Å². The van der Waals surface area contributed by atoms with Gasteiger partial charge in [-0.1, -0.05) is 0 Å². The zero-order valence-electron chi connectivity index (χ0n) is 11.2. The van der Waals surface area contributed by atoms with Gasteiger partial charge in [-0.3, -0.25) is 4.57 Å². The average molecular weight is 282 g/mol. The van der Waals surface area contributed by atoms with Crippen LogP contribution in [0.4, 0.5) is 0 Å². The largest absolute Gasteiger partial charge is 0.376 e. The van der Waals surface area contributed by atoms with Crippen LogP contribution >= 0.6 is 12.2 Å². The van der Waals surface area contributed by atoms with Gasteiger partial charge in [-0.25, -0.2) is 4.68 Å². The SMILES string of the molecule is CCn1nc(C)c2[nH]c(=S)n(CC3COCCO3)c21. The van der Waals surface area contributed by atoms with Gasteiger partial charge >= 0.3 is 0 Å². The van der Waals surface area contributed by atoms with E-state index in [1.165, 1.54) is 0 Å². The number of nitrogens with zero attached hydrogens (tertiary/aromatic N) is 3. The molecule has 2 aromatic heterocycles. The van der Waals surface area contributed by atoms with Crippen molar-refractivity contribution in [3.8, 4) is 0 Å². The van der Waals surface area contributed by atoms with E-state index in [1.807, 2.05) is 11.6 Å². The molecular formula is C12H18N4O2S. The van der Waals surface area contributed by atoms with E-state index < -0.39 is 0 Å². The Morgan fingerprint density at radius 3 is 3.00 bits per heavy atom. The Morgan fingerprint density at radius 2 is 2.32 bits per heavy atom. The number of nitrogens with one attached hydrogen (secondary N) is 1. The number of aromatic amines is 1. The summed E-state index contributed by atoms with van der Waals surface area (Å²) in [7, 11) is 0. The van der Waals surface area contributed by atoms with Gasteiger partial charge in [0.05, 0.1) is 38.2 Å². The fourth-order valence-corrected chi connectivity index (χ4v) is 2.76. The van der Waals surface area contributed by atoms with E-state index in [9.17, 15) is 0 Å². The molecule has 0 aliphatic carbocycles. The number of hydrogen-bond acceptors (Lipinski definition) is 4. The first-order valence-electron chi connectivity index (χ1n) is 6.56. The van der Waals surface area contributed by atoms with Crippen molar-refractivity contribution in [1.82, 2.24) is 19.3 Å². The predicted octanol–water partition coefficient (Wildman–Crippen LogP) is 1.64. The number of H-pyrrole nitrogens is 1. The summed E-state index contributed by atoms with van der Waals surface area (Å²) in [6.07, 6.45) is 0.0555. The highest BCUT2D eigenvalue weighted by Crippen LogP contribution is 2.19. The smallest absolute Gasteiger partial charge is 0.179 e. The normalized spacial score (nSPS) is 20.2. The molecular weight excluding hydrogens is 264 g/mol. The summed E-state index contributed by atoms with van der Waals surface area (Å²) in [4.78, 5) is 3.24. The van der Waals surface area contributed by atoms with Crippen LogP contribution in [0.2, 0.25) is 0 Å². The summed E-state index contributed by atoms with van der Waals surface area (Å²) in [6, 6.07) is 0. The molecule has 2 aromatic rings. The number of hydrogen-bond donors (Lipinski definition) is 1. The Bertz CT molecular complexity index is 636. The van der Waals surface area contributed by atoms with Crippen LogP contribution in [0.1, 0.15) is 12.6 Å². The molecule has 104 valence electrons. The van der Waals surface area contributed by atoms with Crippen LogP contribution < -0.4 is 0 Å². The number of ether oxygens (including phenoxy) is 2. The van der Waals surface area contributed by atoms with Crippen molar-refractivity contribution >= 4 is 23.4 Å². The van der Waals surface area contributed by atoms with Crippen molar-refractivity contribution in [2.75, 3.05) is 19.8 Å². The topological polar surface area (TPSA) is 57.0 Å². The molecule has 1 N–H and O–H groups in total. The standard InChI is InChI=1S/C12H18N4O2S/c1-3-16-11-10(8(2)14-16)13-12(19)15(11)6-9-7-17-4-5-18-9/h9H,3-7H2,1-2H3,(H,13,19). The summed E-state index contributed by atoms with van der Waals surface area (Å²) in [5.41, 5.74) is 3.03. The minimum atomic E-state index is 0.0555. The highest BCUT2D eigenvalue weighted by Gasteiger charge is 2.19. The number of aryl methyl sites for hydroxylation is 2. The van der Waals surface area contributed by atoms with Gasteiger partial charge in [-0.2, -0.15) is 5.10 Å². The second kappa shape index (κ2) is 5.07. The summed E-state index contributed by atoms with van der Waals surface area (Å²) < 4.78 is 15.9. The van der Waals surface area contributed by atoms with Gasteiger partial charge in [0.15, 0.2) is 10.4 Å². The van der Waals surface area contributed by atoms with Crippen LogP contribution in [-0.4, -0.2) is 45.3 Å². The lowest BCUT2D eigenvalue weighted by molar-refractivity contribution is -0.0934. The highest BCUT2D eigenvalue weighted by molar-refractivity contribution is 7.71. The zero-order valence-corrected chi connectivity index (χ0v) is 12.0. The Balaban J connectivity index is 2.01. The predicted molar refractivity (Wildman–Crippen MR) is 73.9 cm³/mol. The van der Waals surface area contributed by atoms with Gasteiger partial charge in [-0.15, -0.1) is 0 Å². The van der Waals surface area contributed by atoms with E-state index in [0.717, 1.165) is 23.4 Å². The number of aromatic nitrogens is 4. The van der Waals surface area contributed by atoms with E-state index in [-0.39, 0.29) is 6.10 Å². The van der Waals surface area contributed by atoms with Crippen LogP contribution in [0.3, 0.4) is 0 Å². The zero-order chi connectivity index (χ0) is 13.4. The molecule has 0 saturated carbocycles. The molecule has 0 spiro atoms. The number of fused-ring (bicyclic) bond motifs is 1. The minimum Gasteiger partial charge on any atom is -0.376 e. The molecule has 19 heavy (non-hydrogen) atoms. The van der Waals surface area contributed by atoms with E-state index in [4.69, 9.17) is 21.7 Å². The Labute approximate surface area is 116 Å². The molecule has 0 bridgehead atoms.